The molecule has 0 aromatic carbocycles. The predicted octanol–water partition coefficient (Wildman–Crippen LogP) is 2.10. The van der Waals surface area contributed by atoms with Crippen molar-refractivity contribution in [2.75, 3.05) is 13.1 Å². The Hall–Kier alpha value is -1.52. The van der Waals surface area contributed by atoms with Crippen molar-refractivity contribution in [3.05, 3.63) is 11.3 Å². The maximum atomic E-state index is 12.8. The van der Waals surface area contributed by atoms with Crippen molar-refractivity contribution in [3.8, 4) is 0 Å². The zero-order chi connectivity index (χ0) is 15.4. The summed E-state index contributed by atoms with van der Waals surface area (Å²) in [7, 11) is 0. The summed E-state index contributed by atoms with van der Waals surface area (Å²) in [4.78, 5) is 26.1. The normalized spacial score (nSPS) is 19.2. The molecule has 0 aromatic rings. The molecule has 0 bridgehead atoms. The van der Waals surface area contributed by atoms with Gasteiger partial charge in [-0.1, -0.05) is 27.7 Å². The Morgan fingerprint density at radius 2 is 1.70 bits per heavy atom. The summed E-state index contributed by atoms with van der Waals surface area (Å²) in [5.41, 5.74) is 1.31. The fraction of sp³-hybridized carbons (Fsp3) is 0.733. The minimum absolute atomic E-state index is 0.0184. The van der Waals surface area contributed by atoms with E-state index in [1.165, 1.54) is 0 Å². The van der Waals surface area contributed by atoms with Gasteiger partial charge in [0, 0.05) is 18.8 Å². The minimum atomic E-state index is -0.252. The smallest absolute Gasteiger partial charge is 0.319 e. The first-order valence-corrected chi connectivity index (χ1v) is 7.29. The number of carbonyl (C=O) groups is 2. The number of hydrogen-bond acceptors (Lipinski definition) is 2. The molecule has 2 N–H and O–H groups in total. The Bertz CT molecular complexity index is 403. The largest absolute Gasteiger partial charge is 0.338 e. The molecule has 0 saturated carbocycles. The number of urea groups is 1. The van der Waals surface area contributed by atoms with Crippen LogP contribution >= 0.6 is 0 Å². The number of amides is 3. The molecular weight excluding hydrogens is 254 g/mol. The van der Waals surface area contributed by atoms with Crippen molar-refractivity contribution in [2.45, 2.75) is 47.6 Å². The molecule has 5 heteroatoms. The summed E-state index contributed by atoms with van der Waals surface area (Å²) < 4.78 is 0. The third-order valence-electron chi connectivity index (χ3n) is 3.17. The Morgan fingerprint density at radius 3 is 2.10 bits per heavy atom. The third kappa shape index (κ3) is 4.25. The number of allylic oxidation sites excluding steroid dienone is 1. The van der Waals surface area contributed by atoms with Crippen molar-refractivity contribution in [1.82, 2.24) is 15.5 Å². The quantitative estimate of drug-likeness (QED) is 0.810. The van der Waals surface area contributed by atoms with Crippen LogP contribution in [0.15, 0.2) is 11.3 Å². The van der Waals surface area contributed by atoms with Crippen LogP contribution < -0.4 is 10.6 Å². The Morgan fingerprint density at radius 1 is 1.20 bits per heavy atom. The van der Waals surface area contributed by atoms with Gasteiger partial charge in [0.05, 0.1) is 11.6 Å². The van der Waals surface area contributed by atoms with Crippen LogP contribution in [0.2, 0.25) is 0 Å². The van der Waals surface area contributed by atoms with Crippen molar-refractivity contribution in [2.24, 2.45) is 11.8 Å². The lowest BCUT2D eigenvalue weighted by molar-refractivity contribution is -0.128. The summed E-state index contributed by atoms with van der Waals surface area (Å²) in [6.45, 7) is 13.5. The van der Waals surface area contributed by atoms with Crippen LogP contribution in [0.1, 0.15) is 41.5 Å². The molecule has 1 atom stereocenters. The van der Waals surface area contributed by atoms with Gasteiger partial charge >= 0.3 is 6.03 Å². The summed E-state index contributed by atoms with van der Waals surface area (Å²) in [5.74, 6) is 0.852. The molecular formula is C15H27N3O2. The number of nitrogens with zero attached hydrogens (tertiary/aromatic N) is 1. The van der Waals surface area contributed by atoms with Crippen molar-refractivity contribution < 1.29 is 9.59 Å². The molecule has 1 rings (SSSR count). The molecule has 114 valence electrons. The van der Waals surface area contributed by atoms with E-state index in [0.717, 1.165) is 13.1 Å². The van der Waals surface area contributed by atoms with Crippen molar-refractivity contribution in [3.63, 3.8) is 0 Å². The molecule has 1 aliphatic heterocycles. The Labute approximate surface area is 121 Å². The molecule has 3 amide bonds. The Kier molecular flexibility index (Phi) is 5.60. The van der Waals surface area contributed by atoms with Crippen LogP contribution in [0, 0.1) is 11.8 Å². The Balaban J connectivity index is 2.98. The van der Waals surface area contributed by atoms with Gasteiger partial charge in [0.1, 0.15) is 0 Å². The SMILES string of the molecule is CC1=C(C(=O)N(CC(C)C)CC(C)C)[C@H](C)NC(=O)N1. The topological polar surface area (TPSA) is 61.4 Å². The van der Waals surface area contributed by atoms with Gasteiger partial charge in [0.25, 0.3) is 5.91 Å². The van der Waals surface area contributed by atoms with E-state index in [1.807, 2.05) is 11.8 Å². The standard InChI is InChI=1S/C15H27N3O2/c1-9(2)7-18(8-10(3)4)14(19)13-11(5)16-15(20)17-12(13)6/h9-11H,7-8H2,1-6H3,(H2,16,17,20)/t11-/m0/s1. The van der Waals surface area contributed by atoms with Crippen LogP contribution in [-0.4, -0.2) is 36.0 Å². The molecule has 1 heterocycles. The van der Waals surface area contributed by atoms with Crippen LogP contribution in [-0.2, 0) is 4.79 Å². The summed E-state index contributed by atoms with van der Waals surface area (Å²) >= 11 is 0. The fourth-order valence-corrected chi connectivity index (χ4v) is 2.51. The molecule has 0 saturated heterocycles. The van der Waals surface area contributed by atoms with E-state index in [-0.39, 0.29) is 18.0 Å². The molecule has 20 heavy (non-hydrogen) atoms. The number of carbonyl (C=O) groups excluding carboxylic acids is 2. The van der Waals surface area contributed by atoms with Gasteiger partial charge in [-0.3, -0.25) is 4.79 Å². The molecule has 0 unspecified atom stereocenters. The number of rotatable bonds is 5. The molecule has 0 aromatic heterocycles. The van der Waals surface area contributed by atoms with Gasteiger partial charge in [-0.2, -0.15) is 0 Å². The maximum absolute atomic E-state index is 12.8. The second-order valence-electron chi connectivity index (χ2n) is 6.36. The van der Waals surface area contributed by atoms with Crippen LogP contribution in [0.5, 0.6) is 0 Å². The second kappa shape index (κ2) is 6.77. The first-order chi connectivity index (χ1) is 9.22. The van der Waals surface area contributed by atoms with Crippen LogP contribution in [0.3, 0.4) is 0 Å². The number of nitrogens with one attached hydrogen (secondary N) is 2. The van der Waals surface area contributed by atoms with Crippen molar-refractivity contribution >= 4 is 11.9 Å². The second-order valence-corrected chi connectivity index (χ2v) is 6.36. The number of hydrogen-bond donors (Lipinski definition) is 2. The van der Waals surface area contributed by atoms with Crippen molar-refractivity contribution in [1.29, 1.82) is 0 Å². The van der Waals surface area contributed by atoms with Gasteiger partial charge in [-0.25, -0.2) is 4.79 Å². The fourth-order valence-electron chi connectivity index (χ4n) is 2.51. The van der Waals surface area contributed by atoms with E-state index in [4.69, 9.17) is 0 Å². The highest BCUT2D eigenvalue weighted by Gasteiger charge is 2.30. The molecule has 1 aliphatic rings. The van der Waals surface area contributed by atoms with Gasteiger partial charge in [0.2, 0.25) is 0 Å². The predicted molar refractivity (Wildman–Crippen MR) is 80.1 cm³/mol. The summed E-state index contributed by atoms with van der Waals surface area (Å²) in [6, 6.07) is -0.496. The van der Waals surface area contributed by atoms with Gasteiger partial charge < -0.3 is 15.5 Å². The summed E-state index contributed by atoms with van der Waals surface area (Å²) in [6.07, 6.45) is 0. The van der Waals surface area contributed by atoms with Gasteiger partial charge in [-0.15, -0.1) is 0 Å². The highest BCUT2D eigenvalue weighted by Crippen LogP contribution is 2.17. The first kappa shape index (κ1) is 16.5. The zero-order valence-electron chi connectivity index (χ0n) is 13.4. The highest BCUT2D eigenvalue weighted by molar-refractivity contribution is 5.98. The minimum Gasteiger partial charge on any atom is -0.338 e. The van der Waals surface area contributed by atoms with E-state index in [1.54, 1.807) is 6.92 Å². The van der Waals surface area contributed by atoms with E-state index < -0.39 is 0 Å². The molecule has 0 fully saturated rings. The summed E-state index contributed by atoms with van der Waals surface area (Å²) in [5, 5.41) is 5.43. The van der Waals surface area contributed by atoms with E-state index in [2.05, 4.69) is 38.3 Å². The van der Waals surface area contributed by atoms with Gasteiger partial charge in [-0.05, 0) is 25.7 Å². The lowest BCUT2D eigenvalue weighted by Gasteiger charge is -2.32. The molecule has 0 aliphatic carbocycles. The lowest BCUT2D eigenvalue weighted by Crippen LogP contribution is -2.51. The zero-order valence-corrected chi connectivity index (χ0v) is 13.4. The first-order valence-electron chi connectivity index (χ1n) is 7.29. The monoisotopic (exact) mass is 281 g/mol. The van der Waals surface area contributed by atoms with E-state index in [9.17, 15) is 9.59 Å². The lowest BCUT2D eigenvalue weighted by atomic mass is 10.0. The average molecular weight is 281 g/mol. The van der Waals surface area contributed by atoms with Gasteiger partial charge in [0.15, 0.2) is 0 Å². The van der Waals surface area contributed by atoms with Crippen LogP contribution in [0.4, 0.5) is 4.79 Å². The van der Waals surface area contributed by atoms with E-state index >= 15 is 0 Å². The molecule has 0 spiro atoms. The van der Waals surface area contributed by atoms with Crippen LogP contribution in [0.25, 0.3) is 0 Å². The molecule has 5 nitrogen and oxygen atoms in total. The average Bonchev–Trinajstić information content (AvgIpc) is 2.24. The highest BCUT2D eigenvalue weighted by atomic mass is 16.2. The third-order valence-corrected chi connectivity index (χ3v) is 3.17. The van der Waals surface area contributed by atoms with E-state index in [0.29, 0.717) is 23.1 Å². The molecule has 0 radical (unpaired) electrons. The maximum Gasteiger partial charge on any atom is 0.319 e.